The summed E-state index contributed by atoms with van der Waals surface area (Å²) in [4.78, 5) is 0. The normalized spacial score (nSPS) is 28.3. The average molecular weight is 364 g/mol. The second-order valence-electron chi connectivity index (χ2n) is 7.00. The molecule has 7 heteroatoms. The Morgan fingerprint density at radius 3 is 2.21 bits per heavy atom. The van der Waals surface area contributed by atoms with Crippen molar-refractivity contribution in [1.82, 2.24) is 0 Å². The van der Waals surface area contributed by atoms with E-state index in [1.54, 1.807) is 6.92 Å². The molecule has 0 unspecified atom stereocenters. The molecule has 1 spiro atoms. The van der Waals surface area contributed by atoms with Gasteiger partial charge in [0.05, 0.1) is 0 Å². The van der Waals surface area contributed by atoms with Crippen molar-refractivity contribution in [3.05, 3.63) is 35.6 Å². The molecule has 0 aromatic carbocycles. The fraction of sp³-hybridized carbons (Fsp3) is 0.647. The van der Waals surface area contributed by atoms with Crippen LogP contribution in [0.2, 0.25) is 0 Å². The maximum atomic E-state index is 12.5. The van der Waals surface area contributed by atoms with Gasteiger partial charge in [0.25, 0.3) is 0 Å². The van der Waals surface area contributed by atoms with E-state index in [2.05, 4.69) is 24.3 Å². The summed E-state index contributed by atoms with van der Waals surface area (Å²) in [5, 5.41) is 0. The minimum atomic E-state index is -5.70. The Bertz CT molecular complexity index is 678. The molecule has 0 aromatic rings. The molecule has 0 saturated heterocycles. The third kappa shape index (κ3) is 3.41. The van der Waals surface area contributed by atoms with Gasteiger partial charge in [-0.15, -0.1) is 0 Å². The summed E-state index contributed by atoms with van der Waals surface area (Å²) in [6, 6.07) is 0. The van der Waals surface area contributed by atoms with Crippen molar-refractivity contribution >= 4 is 10.1 Å². The van der Waals surface area contributed by atoms with Crippen molar-refractivity contribution < 1.29 is 25.8 Å². The highest BCUT2D eigenvalue weighted by atomic mass is 32.2. The van der Waals surface area contributed by atoms with Gasteiger partial charge in [-0.05, 0) is 67.9 Å². The van der Waals surface area contributed by atoms with Crippen molar-refractivity contribution in [2.45, 2.75) is 57.9 Å². The van der Waals surface area contributed by atoms with Gasteiger partial charge in [-0.1, -0.05) is 25.7 Å². The zero-order valence-electron chi connectivity index (χ0n) is 14.0. The van der Waals surface area contributed by atoms with Crippen LogP contribution in [0, 0.1) is 11.3 Å². The predicted octanol–water partition coefficient (Wildman–Crippen LogP) is 5.23. The molecule has 3 nitrogen and oxygen atoms in total. The molecule has 0 heterocycles. The molecular formula is C17H23F3O3S. The highest BCUT2D eigenvalue weighted by molar-refractivity contribution is 7.87. The van der Waals surface area contributed by atoms with Crippen LogP contribution in [-0.4, -0.2) is 13.9 Å². The summed E-state index contributed by atoms with van der Waals surface area (Å²) in [7, 11) is -5.70. The van der Waals surface area contributed by atoms with Gasteiger partial charge in [-0.2, -0.15) is 21.6 Å². The van der Waals surface area contributed by atoms with Crippen LogP contribution in [0.4, 0.5) is 13.2 Å². The lowest BCUT2D eigenvalue weighted by atomic mass is 9.65. The maximum absolute atomic E-state index is 12.5. The van der Waals surface area contributed by atoms with Gasteiger partial charge in [-0.3, -0.25) is 0 Å². The van der Waals surface area contributed by atoms with Crippen LogP contribution in [0.25, 0.3) is 0 Å². The van der Waals surface area contributed by atoms with E-state index in [1.165, 1.54) is 0 Å². The molecule has 1 fully saturated rings. The molecule has 2 aliphatic rings. The SMILES string of the molecule is C=C(C)C1=C(C(=C)OS(=O)(=O)C(F)(F)F)CCC12CCC(C)CC2. The second kappa shape index (κ2) is 6.24. The van der Waals surface area contributed by atoms with E-state index >= 15 is 0 Å². The quantitative estimate of drug-likeness (QED) is 0.390. The van der Waals surface area contributed by atoms with Crippen molar-refractivity contribution in [2.75, 3.05) is 0 Å². The fourth-order valence-electron chi connectivity index (χ4n) is 3.97. The number of alkyl halides is 3. The van der Waals surface area contributed by atoms with E-state index in [4.69, 9.17) is 0 Å². The van der Waals surface area contributed by atoms with Gasteiger partial charge in [0, 0.05) is 0 Å². The molecule has 0 bridgehead atoms. The molecule has 0 N–H and O–H groups in total. The topological polar surface area (TPSA) is 43.4 Å². The molecule has 136 valence electrons. The number of halogens is 3. The first-order chi connectivity index (χ1) is 10.9. The van der Waals surface area contributed by atoms with Crippen LogP contribution in [0.3, 0.4) is 0 Å². The summed E-state index contributed by atoms with van der Waals surface area (Å²) in [5.41, 5.74) is -3.55. The van der Waals surface area contributed by atoms with E-state index in [-0.39, 0.29) is 5.41 Å². The zero-order valence-corrected chi connectivity index (χ0v) is 14.8. The van der Waals surface area contributed by atoms with Gasteiger partial charge in [0.15, 0.2) is 0 Å². The van der Waals surface area contributed by atoms with Crippen LogP contribution in [0.15, 0.2) is 35.6 Å². The third-order valence-corrected chi connectivity index (χ3v) is 6.16. The number of hydrogen-bond acceptors (Lipinski definition) is 3. The minimum absolute atomic E-state index is 0.137. The Labute approximate surface area is 141 Å². The van der Waals surface area contributed by atoms with E-state index in [9.17, 15) is 21.6 Å². The molecule has 0 radical (unpaired) electrons. The second-order valence-corrected chi connectivity index (χ2v) is 8.54. The van der Waals surface area contributed by atoms with Gasteiger partial charge in [0.2, 0.25) is 0 Å². The number of hydrogen-bond donors (Lipinski definition) is 0. The lowest BCUT2D eigenvalue weighted by Gasteiger charge is -2.39. The van der Waals surface area contributed by atoms with Crippen LogP contribution < -0.4 is 0 Å². The van der Waals surface area contributed by atoms with Gasteiger partial charge in [-0.25, -0.2) is 0 Å². The first kappa shape index (κ1) is 19.1. The van der Waals surface area contributed by atoms with E-state index in [0.29, 0.717) is 17.9 Å². The number of allylic oxidation sites excluding steroid dienone is 3. The molecule has 0 atom stereocenters. The van der Waals surface area contributed by atoms with E-state index < -0.39 is 21.4 Å². The van der Waals surface area contributed by atoms with Crippen molar-refractivity contribution in [1.29, 1.82) is 0 Å². The van der Waals surface area contributed by atoms with Gasteiger partial charge in [0.1, 0.15) is 5.76 Å². The highest BCUT2D eigenvalue weighted by Gasteiger charge is 2.50. The fourth-order valence-corrected chi connectivity index (χ4v) is 4.43. The lowest BCUT2D eigenvalue weighted by molar-refractivity contribution is -0.0520. The van der Waals surface area contributed by atoms with Gasteiger partial charge < -0.3 is 4.18 Å². The number of rotatable bonds is 4. The monoisotopic (exact) mass is 364 g/mol. The summed E-state index contributed by atoms with van der Waals surface area (Å²) >= 11 is 0. The lowest BCUT2D eigenvalue weighted by Crippen LogP contribution is -2.27. The smallest absolute Gasteiger partial charge is 0.376 e. The van der Waals surface area contributed by atoms with E-state index in [0.717, 1.165) is 43.3 Å². The van der Waals surface area contributed by atoms with Crippen LogP contribution in [-0.2, 0) is 14.3 Å². The Balaban J connectivity index is 2.35. The zero-order chi connectivity index (χ0) is 18.3. The van der Waals surface area contributed by atoms with Crippen molar-refractivity contribution in [2.24, 2.45) is 11.3 Å². The van der Waals surface area contributed by atoms with Crippen LogP contribution >= 0.6 is 0 Å². The van der Waals surface area contributed by atoms with Crippen molar-refractivity contribution in [3.8, 4) is 0 Å². The van der Waals surface area contributed by atoms with Crippen LogP contribution in [0.1, 0.15) is 52.4 Å². The molecule has 2 aliphatic carbocycles. The first-order valence-electron chi connectivity index (χ1n) is 7.99. The third-order valence-electron chi connectivity index (χ3n) is 5.17. The summed E-state index contributed by atoms with van der Waals surface area (Å²) < 4.78 is 64.4. The summed E-state index contributed by atoms with van der Waals surface area (Å²) in [6.45, 7) is 11.4. The average Bonchev–Trinajstić information content (AvgIpc) is 2.80. The molecule has 0 aliphatic heterocycles. The van der Waals surface area contributed by atoms with E-state index in [1.807, 2.05) is 0 Å². The van der Waals surface area contributed by atoms with Crippen LogP contribution in [0.5, 0.6) is 0 Å². The Kier molecular flexibility index (Phi) is 4.97. The van der Waals surface area contributed by atoms with Crippen molar-refractivity contribution in [3.63, 3.8) is 0 Å². The first-order valence-corrected chi connectivity index (χ1v) is 9.40. The Morgan fingerprint density at radius 1 is 1.21 bits per heavy atom. The summed E-state index contributed by atoms with van der Waals surface area (Å²) in [6.07, 6.45) is 5.17. The maximum Gasteiger partial charge on any atom is 0.534 e. The molecule has 0 amide bonds. The Hall–Kier alpha value is -1.24. The molecule has 2 rings (SSSR count). The Morgan fingerprint density at radius 2 is 1.75 bits per heavy atom. The molecule has 1 saturated carbocycles. The minimum Gasteiger partial charge on any atom is -0.376 e. The summed E-state index contributed by atoms with van der Waals surface area (Å²) in [5.74, 6) is 0.192. The standard InChI is InChI=1S/C17H23F3O3S/c1-11(2)15-14(13(4)23-24(21,22)17(18,19)20)7-10-16(15)8-5-12(3)6-9-16/h12H,1,4-10H2,2-3H3. The largest absolute Gasteiger partial charge is 0.534 e. The van der Waals surface area contributed by atoms with Gasteiger partial charge >= 0.3 is 15.6 Å². The molecule has 0 aromatic heterocycles. The highest BCUT2D eigenvalue weighted by Crippen LogP contribution is 2.56. The molecule has 24 heavy (non-hydrogen) atoms. The predicted molar refractivity (Wildman–Crippen MR) is 86.3 cm³/mol. The molecular weight excluding hydrogens is 341 g/mol.